The molecule has 15 heavy (non-hydrogen) atoms. The number of likely N-dealkylation sites (tertiary alicyclic amines) is 1. The first kappa shape index (κ1) is 8.85. The van der Waals surface area contributed by atoms with E-state index in [2.05, 4.69) is 34.3 Å². The summed E-state index contributed by atoms with van der Waals surface area (Å²) in [5.41, 5.74) is 2.30. The molecular weight excluding hydrogens is 188 g/mol. The Balaban J connectivity index is 1.99. The average molecular weight is 202 g/mol. The first-order valence-corrected chi connectivity index (χ1v) is 5.24. The van der Waals surface area contributed by atoms with Gasteiger partial charge in [0.15, 0.2) is 5.65 Å². The number of nitrogens with zero attached hydrogens (tertiary/aromatic N) is 4. The van der Waals surface area contributed by atoms with Gasteiger partial charge in [0, 0.05) is 25.2 Å². The van der Waals surface area contributed by atoms with Gasteiger partial charge in [-0.1, -0.05) is 6.07 Å². The van der Waals surface area contributed by atoms with Crippen molar-refractivity contribution in [1.82, 2.24) is 19.5 Å². The smallest absolute Gasteiger partial charge is 0.155 e. The van der Waals surface area contributed by atoms with Gasteiger partial charge in [-0.05, 0) is 25.6 Å². The molecule has 0 N–H and O–H groups in total. The molecule has 1 aliphatic heterocycles. The van der Waals surface area contributed by atoms with Gasteiger partial charge in [-0.3, -0.25) is 0 Å². The zero-order chi connectivity index (χ0) is 10.4. The highest BCUT2D eigenvalue weighted by Crippen LogP contribution is 2.25. The molecule has 2 aromatic heterocycles. The molecule has 3 rings (SSSR count). The van der Waals surface area contributed by atoms with E-state index in [0.717, 1.165) is 24.6 Å². The molecule has 3 heterocycles. The Morgan fingerprint density at radius 3 is 2.87 bits per heavy atom. The highest BCUT2D eigenvalue weighted by atomic mass is 15.3. The van der Waals surface area contributed by atoms with E-state index >= 15 is 0 Å². The molecule has 0 spiro atoms. The molecule has 0 aromatic carbocycles. The van der Waals surface area contributed by atoms with Crippen molar-refractivity contribution in [2.24, 2.45) is 0 Å². The molecule has 0 radical (unpaired) electrons. The van der Waals surface area contributed by atoms with E-state index in [1.54, 1.807) is 0 Å². The van der Waals surface area contributed by atoms with Crippen LogP contribution in [0, 0.1) is 6.92 Å². The van der Waals surface area contributed by atoms with Crippen LogP contribution >= 0.6 is 0 Å². The van der Waals surface area contributed by atoms with E-state index in [-0.39, 0.29) is 0 Å². The molecule has 2 aromatic rings. The Labute approximate surface area is 88.5 Å². The Morgan fingerprint density at radius 2 is 2.13 bits per heavy atom. The summed E-state index contributed by atoms with van der Waals surface area (Å²) in [5.74, 6) is 1.50. The molecule has 1 saturated heterocycles. The maximum absolute atomic E-state index is 4.33. The summed E-state index contributed by atoms with van der Waals surface area (Å²) in [4.78, 5) is 6.63. The summed E-state index contributed by atoms with van der Waals surface area (Å²) in [5, 5.41) is 4.33. The van der Waals surface area contributed by atoms with Crippen LogP contribution in [-0.4, -0.2) is 39.6 Å². The van der Waals surface area contributed by atoms with Crippen molar-refractivity contribution in [3.63, 3.8) is 0 Å². The van der Waals surface area contributed by atoms with Gasteiger partial charge >= 0.3 is 0 Å². The number of hydrogen-bond acceptors (Lipinski definition) is 3. The lowest BCUT2D eigenvalue weighted by molar-refractivity contribution is 0.189. The topological polar surface area (TPSA) is 33.4 Å². The number of fused-ring (bicyclic) bond motifs is 1. The van der Waals surface area contributed by atoms with Crippen LogP contribution in [0.2, 0.25) is 0 Å². The van der Waals surface area contributed by atoms with Crippen molar-refractivity contribution in [3.8, 4) is 0 Å². The van der Waals surface area contributed by atoms with E-state index in [1.165, 1.54) is 5.56 Å². The van der Waals surface area contributed by atoms with Gasteiger partial charge in [0.25, 0.3) is 0 Å². The molecule has 0 saturated carbocycles. The number of aryl methyl sites for hydroxylation is 1. The summed E-state index contributed by atoms with van der Waals surface area (Å²) in [7, 11) is 2.15. The molecule has 0 aliphatic carbocycles. The van der Waals surface area contributed by atoms with Crippen LogP contribution in [0.3, 0.4) is 0 Å². The Morgan fingerprint density at radius 1 is 1.33 bits per heavy atom. The summed E-state index contributed by atoms with van der Waals surface area (Å²) in [6.07, 6.45) is 2.10. The van der Waals surface area contributed by atoms with Gasteiger partial charge < -0.3 is 4.90 Å². The lowest BCUT2D eigenvalue weighted by Gasteiger charge is -2.36. The molecule has 0 atom stereocenters. The zero-order valence-electron chi connectivity index (χ0n) is 9.01. The summed E-state index contributed by atoms with van der Waals surface area (Å²) >= 11 is 0. The summed E-state index contributed by atoms with van der Waals surface area (Å²) in [6.45, 7) is 4.22. The highest BCUT2D eigenvalue weighted by Gasteiger charge is 2.24. The molecule has 1 aliphatic rings. The molecule has 4 heteroatoms. The first-order valence-electron chi connectivity index (χ1n) is 5.24. The Kier molecular flexibility index (Phi) is 1.79. The molecule has 4 nitrogen and oxygen atoms in total. The molecule has 1 fully saturated rings. The largest absolute Gasteiger partial charge is 0.305 e. The monoisotopic (exact) mass is 202 g/mol. The lowest BCUT2D eigenvalue weighted by atomic mass is 9.93. The minimum absolute atomic E-state index is 0.670. The average Bonchev–Trinajstić information content (AvgIpc) is 2.52. The van der Waals surface area contributed by atoms with E-state index < -0.39 is 0 Å². The van der Waals surface area contributed by atoms with Gasteiger partial charge in [0.05, 0.1) is 0 Å². The van der Waals surface area contributed by atoms with Gasteiger partial charge in [-0.15, -0.1) is 0 Å². The van der Waals surface area contributed by atoms with E-state index in [1.807, 2.05) is 17.5 Å². The van der Waals surface area contributed by atoms with Crippen LogP contribution in [0.25, 0.3) is 5.65 Å². The maximum atomic E-state index is 4.33. The Bertz CT molecular complexity index is 496. The van der Waals surface area contributed by atoms with Crippen molar-refractivity contribution >= 4 is 5.65 Å². The molecule has 0 unspecified atom stereocenters. The Hall–Kier alpha value is -1.42. The fourth-order valence-corrected chi connectivity index (χ4v) is 2.16. The van der Waals surface area contributed by atoms with Crippen molar-refractivity contribution < 1.29 is 0 Å². The molecular formula is C11H14N4. The van der Waals surface area contributed by atoms with Crippen LogP contribution in [-0.2, 0) is 0 Å². The SMILES string of the molecule is Cc1nc2ccc(C3CN(C)C3)cn2n1. The lowest BCUT2D eigenvalue weighted by Crippen LogP contribution is -2.41. The van der Waals surface area contributed by atoms with Gasteiger partial charge in [-0.25, -0.2) is 9.50 Å². The highest BCUT2D eigenvalue weighted by molar-refractivity contribution is 5.39. The van der Waals surface area contributed by atoms with E-state index in [9.17, 15) is 0 Å². The van der Waals surface area contributed by atoms with Crippen molar-refractivity contribution in [2.75, 3.05) is 20.1 Å². The van der Waals surface area contributed by atoms with Crippen molar-refractivity contribution in [1.29, 1.82) is 0 Å². The van der Waals surface area contributed by atoms with Crippen LogP contribution in [0.4, 0.5) is 0 Å². The fraction of sp³-hybridized carbons (Fsp3) is 0.455. The number of hydrogen-bond donors (Lipinski definition) is 0. The number of likely N-dealkylation sites (N-methyl/N-ethyl adjacent to an activating group) is 1. The standard InChI is InChI=1S/C11H14N4/c1-8-12-11-4-3-9(7-15(11)13-8)10-5-14(2)6-10/h3-4,7,10H,5-6H2,1-2H3. The van der Waals surface area contributed by atoms with E-state index in [0.29, 0.717) is 5.92 Å². The normalized spacial score (nSPS) is 18.3. The van der Waals surface area contributed by atoms with Gasteiger partial charge in [0.2, 0.25) is 0 Å². The third-order valence-corrected chi connectivity index (χ3v) is 3.00. The van der Waals surface area contributed by atoms with Gasteiger partial charge in [0.1, 0.15) is 5.82 Å². The maximum Gasteiger partial charge on any atom is 0.155 e. The first-order chi connectivity index (χ1) is 7.22. The molecule has 78 valence electrons. The molecule has 0 bridgehead atoms. The zero-order valence-corrected chi connectivity index (χ0v) is 9.01. The van der Waals surface area contributed by atoms with Gasteiger partial charge in [-0.2, -0.15) is 5.10 Å². The van der Waals surface area contributed by atoms with Crippen LogP contribution in [0.5, 0.6) is 0 Å². The minimum atomic E-state index is 0.670. The van der Waals surface area contributed by atoms with Crippen LogP contribution in [0.15, 0.2) is 18.3 Å². The van der Waals surface area contributed by atoms with E-state index in [4.69, 9.17) is 0 Å². The fourth-order valence-electron chi connectivity index (χ4n) is 2.16. The predicted molar refractivity (Wildman–Crippen MR) is 58.0 cm³/mol. The van der Waals surface area contributed by atoms with Crippen LogP contribution < -0.4 is 0 Å². The van der Waals surface area contributed by atoms with Crippen LogP contribution in [0.1, 0.15) is 17.3 Å². The summed E-state index contributed by atoms with van der Waals surface area (Å²) in [6, 6.07) is 4.22. The predicted octanol–water partition coefficient (Wildman–Crippen LogP) is 1.07. The third kappa shape index (κ3) is 1.41. The second-order valence-electron chi connectivity index (χ2n) is 4.34. The second kappa shape index (κ2) is 3.03. The number of aromatic nitrogens is 3. The third-order valence-electron chi connectivity index (χ3n) is 3.00. The summed E-state index contributed by atoms with van der Waals surface area (Å²) < 4.78 is 1.88. The molecule has 0 amide bonds. The van der Waals surface area contributed by atoms with Crippen molar-refractivity contribution in [2.45, 2.75) is 12.8 Å². The minimum Gasteiger partial charge on any atom is -0.305 e. The quantitative estimate of drug-likeness (QED) is 0.693. The number of pyridine rings is 1. The van der Waals surface area contributed by atoms with Crippen molar-refractivity contribution in [3.05, 3.63) is 29.7 Å². The second-order valence-corrected chi connectivity index (χ2v) is 4.34. The number of rotatable bonds is 1.